The van der Waals surface area contributed by atoms with Crippen molar-refractivity contribution >= 4 is 5.91 Å². The molecular formula is C12H16F2N2O2. The Bertz CT molecular complexity index is 413. The van der Waals surface area contributed by atoms with E-state index in [1.807, 2.05) is 0 Å². The van der Waals surface area contributed by atoms with Crippen LogP contribution in [0.5, 0.6) is 0 Å². The monoisotopic (exact) mass is 258 g/mol. The van der Waals surface area contributed by atoms with Gasteiger partial charge in [-0.15, -0.1) is 0 Å². The number of likely N-dealkylation sites (N-methyl/N-ethyl adjacent to an activating group) is 1. The molecular weight excluding hydrogens is 242 g/mol. The molecule has 1 unspecified atom stereocenters. The highest BCUT2D eigenvalue weighted by atomic mass is 19.1. The number of carbonyl (C=O) groups excluding carboxylic acids is 1. The number of hydrogen-bond donors (Lipinski definition) is 3. The normalized spacial score (nSPS) is 12.2. The lowest BCUT2D eigenvalue weighted by Gasteiger charge is -2.13. The second kappa shape index (κ2) is 7.03. The Hall–Kier alpha value is -1.53. The number of carbonyl (C=O) groups is 1. The predicted molar refractivity (Wildman–Crippen MR) is 62.9 cm³/mol. The minimum Gasteiger partial charge on any atom is -0.387 e. The van der Waals surface area contributed by atoms with Crippen molar-refractivity contribution in [2.24, 2.45) is 0 Å². The van der Waals surface area contributed by atoms with E-state index in [2.05, 4.69) is 10.6 Å². The van der Waals surface area contributed by atoms with E-state index in [4.69, 9.17) is 0 Å². The molecule has 0 aliphatic carbocycles. The zero-order valence-corrected chi connectivity index (χ0v) is 10.0. The van der Waals surface area contributed by atoms with Crippen LogP contribution >= 0.6 is 0 Å². The summed E-state index contributed by atoms with van der Waals surface area (Å²) in [5.41, 5.74) is -0.126. The molecule has 1 rings (SSSR count). The van der Waals surface area contributed by atoms with Gasteiger partial charge in [-0.1, -0.05) is 0 Å². The summed E-state index contributed by atoms with van der Waals surface area (Å²) in [5, 5.41) is 14.9. The highest BCUT2D eigenvalue weighted by Crippen LogP contribution is 2.17. The van der Waals surface area contributed by atoms with Gasteiger partial charge in [-0.25, -0.2) is 8.78 Å². The predicted octanol–water partition coefficient (Wildman–Crippen LogP) is 0.724. The summed E-state index contributed by atoms with van der Waals surface area (Å²) in [6.45, 7) is 2.29. The van der Waals surface area contributed by atoms with E-state index >= 15 is 0 Å². The number of amides is 1. The maximum Gasteiger partial charge on any atom is 0.233 e. The molecule has 1 atom stereocenters. The average Bonchev–Trinajstić information content (AvgIpc) is 2.32. The van der Waals surface area contributed by atoms with E-state index in [0.29, 0.717) is 6.54 Å². The molecule has 3 N–H and O–H groups in total. The topological polar surface area (TPSA) is 61.4 Å². The second-order valence-electron chi connectivity index (χ2n) is 3.77. The maximum absolute atomic E-state index is 13.3. The highest BCUT2D eigenvalue weighted by molar-refractivity contribution is 5.77. The third-order valence-electron chi connectivity index (χ3n) is 2.31. The average molecular weight is 258 g/mol. The lowest BCUT2D eigenvalue weighted by Crippen LogP contribution is -2.35. The van der Waals surface area contributed by atoms with Gasteiger partial charge in [0.15, 0.2) is 0 Å². The zero-order chi connectivity index (χ0) is 13.5. The zero-order valence-electron chi connectivity index (χ0n) is 10.0. The highest BCUT2D eigenvalue weighted by Gasteiger charge is 2.13. The van der Waals surface area contributed by atoms with Gasteiger partial charge in [0.1, 0.15) is 11.6 Å². The molecule has 0 aliphatic rings. The first kappa shape index (κ1) is 14.5. The molecule has 18 heavy (non-hydrogen) atoms. The van der Waals surface area contributed by atoms with Crippen molar-refractivity contribution < 1.29 is 18.7 Å². The largest absolute Gasteiger partial charge is 0.387 e. The number of halogens is 2. The van der Waals surface area contributed by atoms with E-state index in [-0.39, 0.29) is 24.6 Å². The number of nitrogens with one attached hydrogen (secondary N) is 2. The van der Waals surface area contributed by atoms with E-state index in [9.17, 15) is 18.7 Å². The number of benzene rings is 1. The quantitative estimate of drug-likeness (QED) is 0.704. The summed E-state index contributed by atoms with van der Waals surface area (Å²) >= 11 is 0. The van der Waals surface area contributed by atoms with Crippen LogP contribution in [0.25, 0.3) is 0 Å². The molecule has 4 nitrogen and oxygen atoms in total. The van der Waals surface area contributed by atoms with E-state index in [0.717, 1.165) is 18.2 Å². The molecule has 0 spiro atoms. The minimum absolute atomic E-state index is 0.0157. The van der Waals surface area contributed by atoms with Gasteiger partial charge in [0.2, 0.25) is 5.91 Å². The lowest BCUT2D eigenvalue weighted by molar-refractivity contribution is -0.120. The molecule has 1 aromatic rings. The van der Waals surface area contributed by atoms with Crippen LogP contribution < -0.4 is 10.6 Å². The molecule has 0 fully saturated rings. The van der Waals surface area contributed by atoms with Crippen molar-refractivity contribution in [2.45, 2.75) is 13.0 Å². The number of aliphatic hydroxyl groups is 1. The van der Waals surface area contributed by atoms with Gasteiger partial charge in [0, 0.05) is 18.7 Å². The second-order valence-corrected chi connectivity index (χ2v) is 3.77. The summed E-state index contributed by atoms with van der Waals surface area (Å²) in [6.07, 6.45) is -1.20. The molecule has 100 valence electrons. The van der Waals surface area contributed by atoms with Gasteiger partial charge in [-0.05, 0) is 25.1 Å². The summed E-state index contributed by atoms with van der Waals surface area (Å²) in [7, 11) is 0. The summed E-state index contributed by atoms with van der Waals surface area (Å²) in [4.78, 5) is 11.1. The Morgan fingerprint density at radius 1 is 1.44 bits per heavy atom. The fraction of sp³-hybridized carbons (Fsp3) is 0.417. The fourth-order valence-corrected chi connectivity index (χ4v) is 1.46. The van der Waals surface area contributed by atoms with Crippen molar-refractivity contribution in [1.82, 2.24) is 10.6 Å². The van der Waals surface area contributed by atoms with Crippen LogP contribution in [0.1, 0.15) is 18.6 Å². The van der Waals surface area contributed by atoms with Crippen molar-refractivity contribution in [3.8, 4) is 0 Å². The first-order valence-electron chi connectivity index (χ1n) is 5.65. The van der Waals surface area contributed by atoms with Crippen LogP contribution in [0.15, 0.2) is 18.2 Å². The molecule has 1 amide bonds. The molecule has 0 radical (unpaired) electrons. The van der Waals surface area contributed by atoms with Crippen LogP contribution in [0.2, 0.25) is 0 Å². The first-order valence-corrected chi connectivity index (χ1v) is 5.65. The molecule has 0 saturated heterocycles. The maximum atomic E-state index is 13.3. The Morgan fingerprint density at radius 3 is 2.83 bits per heavy atom. The Labute approximate surface area is 104 Å². The summed E-state index contributed by atoms with van der Waals surface area (Å²) in [6, 6.07) is 2.87. The van der Waals surface area contributed by atoms with Gasteiger partial charge in [0.05, 0.1) is 12.6 Å². The molecule has 0 bridgehead atoms. The standard InChI is InChI=1S/C12H16F2N2O2/c1-2-16-12(18)7-15-6-11(17)9-5-8(13)3-4-10(9)14/h3-5,11,15,17H,2,6-7H2,1H3,(H,16,18). The van der Waals surface area contributed by atoms with Crippen LogP contribution in [0, 0.1) is 11.6 Å². The molecule has 0 heterocycles. The van der Waals surface area contributed by atoms with Crippen LogP contribution in [0.3, 0.4) is 0 Å². The van der Waals surface area contributed by atoms with Gasteiger partial charge >= 0.3 is 0 Å². The van der Waals surface area contributed by atoms with Gasteiger partial charge in [-0.2, -0.15) is 0 Å². The molecule has 6 heteroatoms. The lowest BCUT2D eigenvalue weighted by atomic mass is 10.1. The molecule has 1 aromatic carbocycles. The number of hydrogen-bond acceptors (Lipinski definition) is 3. The van der Waals surface area contributed by atoms with Gasteiger partial charge < -0.3 is 15.7 Å². The van der Waals surface area contributed by atoms with Crippen molar-refractivity contribution in [3.05, 3.63) is 35.4 Å². The summed E-state index contributed by atoms with van der Waals surface area (Å²) in [5.74, 6) is -1.51. The third kappa shape index (κ3) is 4.38. The number of aliphatic hydroxyl groups excluding tert-OH is 1. The molecule has 0 saturated carbocycles. The Kier molecular flexibility index (Phi) is 5.67. The number of rotatable bonds is 6. The van der Waals surface area contributed by atoms with Crippen LogP contribution in [-0.2, 0) is 4.79 Å². The van der Waals surface area contributed by atoms with E-state index in [1.165, 1.54) is 0 Å². The SMILES string of the molecule is CCNC(=O)CNCC(O)c1cc(F)ccc1F. The Morgan fingerprint density at radius 2 is 2.17 bits per heavy atom. The smallest absolute Gasteiger partial charge is 0.233 e. The molecule has 0 aromatic heterocycles. The fourth-order valence-electron chi connectivity index (χ4n) is 1.46. The van der Waals surface area contributed by atoms with Gasteiger partial charge in [-0.3, -0.25) is 4.79 Å². The molecule has 0 aliphatic heterocycles. The van der Waals surface area contributed by atoms with E-state index < -0.39 is 17.7 Å². The van der Waals surface area contributed by atoms with Crippen molar-refractivity contribution in [3.63, 3.8) is 0 Å². The van der Waals surface area contributed by atoms with Gasteiger partial charge in [0.25, 0.3) is 0 Å². The van der Waals surface area contributed by atoms with E-state index in [1.54, 1.807) is 6.92 Å². The Balaban J connectivity index is 2.47. The van der Waals surface area contributed by atoms with Crippen LogP contribution in [-0.4, -0.2) is 30.6 Å². The summed E-state index contributed by atoms with van der Waals surface area (Å²) < 4.78 is 26.2. The van der Waals surface area contributed by atoms with Crippen molar-refractivity contribution in [1.29, 1.82) is 0 Å². The minimum atomic E-state index is -1.20. The van der Waals surface area contributed by atoms with Crippen molar-refractivity contribution in [2.75, 3.05) is 19.6 Å². The third-order valence-corrected chi connectivity index (χ3v) is 2.31. The van der Waals surface area contributed by atoms with Crippen LogP contribution in [0.4, 0.5) is 8.78 Å². The first-order chi connectivity index (χ1) is 8.54.